The molecule has 1 aromatic rings. The Hall–Kier alpha value is -0.610. The van der Waals surface area contributed by atoms with Crippen molar-refractivity contribution in [3.63, 3.8) is 0 Å². The molecule has 0 aliphatic heterocycles. The lowest BCUT2D eigenvalue weighted by atomic mass is 9.85. The number of ketones is 1. The second-order valence-electron chi connectivity index (χ2n) is 3.36. The first-order chi connectivity index (χ1) is 5.98. The fraction of sp³-hybridized carbons (Fsp3) is 0.444. The molecule has 72 valence electrons. The summed E-state index contributed by atoms with van der Waals surface area (Å²) in [5.41, 5.74) is 4.66. The first kappa shape index (κ1) is 10.5. The molecule has 2 N–H and O–H groups in total. The van der Waals surface area contributed by atoms with Crippen LogP contribution in [0.3, 0.4) is 0 Å². The van der Waals surface area contributed by atoms with E-state index in [0.29, 0.717) is 10.4 Å². The molecule has 0 fully saturated rings. The van der Waals surface area contributed by atoms with Crippen LogP contribution in [0.5, 0.6) is 0 Å². The maximum absolute atomic E-state index is 11.4. The monoisotopic (exact) mass is 245 g/mol. The fourth-order valence-electron chi connectivity index (χ4n) is 1.04. The van der Waals surface area contributed by atoms with E-state index in [1.165, 1.54) is 0 Å². The van der Waals surface area contributed by atoms with Crippen LogP contribution in [-0.2, 0) is 10.2 Å². The standard InChI is InChI=1S/C9H12BrNO2/c1-9(2,6(12)5-11)7-3-4-8(10)13-7/h3-4H,5,11H2,1-2H3. The van der Waals surface area contributed by atoms with Gasteiger partial charge in [-0.1, -0.05) is 0 Å². The van der Waals surface area contributed by atoms with Crippen LogP contribution < -0.4 is 5.73 Å². The van der Waals surface area contributed by atoms with Crippen molar-refractivity contribution in [2.75, 3.05) is 6.54 Å². The maximum atomic E-state index is 11.4. The van der Waals surface area contributed by atoms with Crippen molar-refractivity contribution in [1.82, 2.24) is 0 Å². The second kappa shape index (κ2) is 3.64. The lowest BCUT2D eigenvalue weighted by Gasteiger charge is -2.18. The molecular weight excluding hydrogens is 234 g/mol. The van der Waals surface area contributed by atoms with Crippen LogP contribution in [0.25, 0.3) is 0 Å². The van der Waals surface area contributed by atoms with Crippen molar-refractivity contribution >= 4 is 21.7 Å². The minimum absolute atomic E-state index is 0.0330. The highest BCUT2D eigenvalue weighted by molar-refractivity contribution is 9.10. The Kier molecular flexibility index (Phi) is 2.93. The molecule has 0 unspecified atom stereocenters. The largest absolute Gasteiger partial charge is 0.453 e. The summed E-state index contributed by atoms with van der Waals surface area (Å²) >= 11 is 3.19. The van der Waals surface area contributed by atoms with Crippen molar-refractivity contribution in [3.8, 4) is 0 Å². The Morgan fingerprint density at radius 1 is 1.62 bits per heavy atom. The molecule has 0 saturated carbocycles. The normalized spacial score (nSPS) is 11.7. The van der Waals surface area contributed by atoms with Gasteiger partial charge in [-0.05, 0) is 41.9 Å². The van der Waals surface area contributed by atoms with E-state index in [-0.39, 0.29) is 12.3 Å². The summed E-state index contributed by atoms with van der Waals surface area (Å²) < 4.78 is 5.94. The van der Waals surface area contributed by atoms with Crippen molar-refractivity contribution in [3.05, 3.63) is 22.6 Å². The molecule has 4 heteroatoms. The summed E-state index contributed by atoms with van der Waals surface area (Å²) in [6.45, 7) is 3.63. The van der Waals surface area contributed by atoms with Gasteiger partial charge in [0.05, 0.1) is 12.0 Å². The van der Waals surface area contributed by atoms with Gasteiger partial charge in [-0.2, -0.15) is 0 Å². The van der Waals surface area contributed by atoms with Gasteiger partial charge in [0.15, 0.2) is 10.5 Å². The lowest BCUT2D eigenvalue weighted by molar-refractivity contribution is -0.122. The van der Waals surface area contributed by atoms with Gasteiger partial charge < -0.3 is 10.2 Å². The molecule has 0 spiro atoms. The zero-order valence-electron chi connectivity index (χ0n) is 7.63. The van der Waals surface area contributed by atoms with E-state index < -0.39 is 5.41 Å². The molecule has 0 amide bonds. The Morgan fingerprint density at radius 3 is 2.62 bits per heavy atom. The van der Waals surface area contributed by atoms with Gasteiger partial charge in [0.1, 0.15) is 5.76 Å². The van der Waals surface area contributed by atoms with E-state index >= 15 is 0 Å². The molecular formula is C9H12BrNO2. The molecule has 1 rings (SSSR count). The topological polar surface area (TPSA) is 56.2 Å². The third-order valence-electron chi connectivity index (χ3n) is 2.07. The number of halogens is 1. The molecule has 0 radical (unpaired) electrons. The van der Waals surface area contributed by atoms with Gasteiger partial charge in [0, 0.05) is 0 Å². The summed E-state index contributed by atoms with van der Waals surface area (Å²) in [7, 11) is 0. The van der Waals surface area contributed by atoms with Crippen LogP contribution in [0.2, 0.25) is 0 Å². The van der Waals surface area contributed by atoms with E-state index in [1.807, 2.05) is 0 Å². The molecule has 0 atom stereocenters. The first-order valence-electron chi connectivity index (χ1n) is 3.97. The summed E-state index contributed by atoms with van der Waals surface area (Å²) in [6, 6.07) is 3.54. The average Bonchev–Trinajstić information content (AvgIpc) is 2.50. The number of hydrogen-bond acceptors (Lipinski definition) is 3. The molecule has 0 saturated heterocycles. The highest BCUT2D eigenvalue weighted by atomic mass is 79.9. The second-order valence-corrected chi connectivity index (χ2v) is 4.14. The number of carbonyl (C=O) groups is 1. The van der Waals surface area contributed by atoms with Crippen molar-refractivity contribution in [2.45, 2.75) is 19.3 Å². The fourth-order valence-corrected chi connectivity index (χ4v) is 1.35. The minimum Gasteiger partial charge on any atom is -0.453 e. The number of Topliss-reactive ketones (excluding diaryl/α,β-unsaturated/α-hetero) is 1. The Balaban J connectivity index is 2.99. The van der Waals surface area contributed by atoms with Gasteiger partial charge in [-0.25, -0.2) is 0 Å². The van der Waals surface area contributed by atoms with Crippen molar-refractivity contribution in [2.24, 2.45) is 5.73 Å². The lowest BCUT2D eigenvalue weighted by Crippen LogP contribution is -2.34. The summed E-state index contributed by atoms with van der Waals surface area (Å²) in [5.74, 6) is 0.601. The zero-order chi connectivity index (χ0) is 10.1. The van der Waals surface area contributed by atoms with Gasteiger partial charge in [0.2, 0.25) is 0 Å². The van der Waals surface area contributed by atoms with Gasteiger partial charge >= 0.3 is 0 Å². The smallest absolute Gasteiger partial charge is 0.169 e. The van der Waals surface area contributed by atoms with Crippen LogP contribution in [0.15, 0.2) is 21.2 Å². The molecule has 0 aliphatic rings. The summed E-state index contributed by atoms with van der Waals surface area (Å²) in [6.07, 6.45) is 0. The maximum Gasteiger partial charge on any atom is 0.169 e. The van der Waals surface area contributed by atoms with Gasteiger partial charge in [-0.3, -0.25) is 4.79 Å². The SMILES string of the molecule is CC(C)(C(=O)CN)c1ccc(Br)o1. The Morgan fingerprint density at radius 2 is 2.23 bits per heavy atom. The van der Waals surface area contributed by atoms with Crippen molar-refractivity contribution in [1.29, 1.82) is 0 Å². The number of hydrogen-bond donors (Lipinski definition) is 1. The highest BCUT2D eigenvalue weighted by Crippen LogP contribution is 2.27. The number of furan rings is 1. The molecule has 1 aromatic heterocycles. The van der Waals surface area contributed by atoms with Crippen LogP contribution in [0, 0.1) is 0 Å². The molecule has 0 aliphatic carbocycles. The Labute approximate surface area is 85.4 Å². The first-order valence-corrected chi connectivity index (χ1v) is 4.77. The zero-order valence-corrected chi connectivity index (χ0v) is 9.22. The van der Waals surface area contributed by atoms with Crippen LogP contribution in [0.1, 0.15) is 19.6 Å². The third-order valence-corrected chi connectivity index (χ3v) is 2.50. The number of nitrogens with two attached hydrogens (primary N) is 1. The van der Waals surface area contributed by atoms with Crippen LogP contribution in [-0.4, -0.2) is 12.3 Å². The predicted molar refractivity (Wildman–Crippen MR) is 53.5 cm³/mol. The van der Waals surface area contributed by atoms with Crippen LogP contribution >= 0.6 is 15.9 Å². The summed E-state index contributed by atoms with van der Waals surface area (Å²) in [4.78, 5) is 11.4. The molecule has 0 aromatic carbocycles. The number of rotatable bonds is 3. The highest BCUT2D eigenvalue weighted by Gasteiger charge is 2.31. The average molecular weight is 246 g/mol. The predicted octanol–water partition coefficient (Wildman–Crippen LogP) is 1.85. The molecule has 13 heavy (non-hydrogen) atoms. The molecule has 0 bridgehead atoms. The van der Waals surface area contributed by atoms with Gasteiger partial charge in [-0.15, -0.1) is 0 Å². The van der Waals surface area contributed by atoms with Crippen molar-refractivity contribution < 1.29 is 9.21 Å². The van der Waals surface area contributed by atoms with E-state index in [0.717, 1.165) is 0 Å². The van der Waals surface area contributed by atoms with Crippen LogP contribution in [0.4, 0.5) is 0 Å². The van der Waals surface area contributed by atoms with E-state index in [4.69, 9.17) is 10.2 Å². The van der Waals surface area contributed by atoms with E-state index in [2.05, 4.69) is 15.9 Å². The van der Waals surface area contributed by atoms with Gasteiger partial charge in [0.25, 0.3) is 0 Å². The minimum atomic E-state index is -0.638. The van der Waals surface area contributed by atoms with E-state index in [9.17, 15) is 4.79 Å². The molecule has 3 nitrogen and oxygen atoms in total. The number of carbonyl (C=O) groups excluding carboxylic acids is 1. The quantitative estimate of drug-likeness (QED) is 0.885. The molecule has 1 heterocycles. The summed E-state index contributed by atoms with van der Waals surface area (Å²) in [5, 5.41) is 0. The third kappa shape index (κ3) is 2.00. The Bertz CT molecular complexity index is 317. The van der Waals surface area contributed by atoms with E-state index in [1.54, 1.807) is 26.0 Å².